The van der Waals surface area contributed by atoms with Crippen LogP contribution in [0.5, 0.6) is 0 Å². The number of nitrogens with one attached hydrogen (secondary N) is 1. The van der Waals surface area contributed by atoms with Crippen LogP contribution in [0.1, 0.15) is 13.3 Å². The van der Waals surface area contributed by atoms with E-state index < -0.39 is 22.7 Å². The van der Waals surface area contributed by atoms with E-state index in [0.717, 1.165) is 12.5 Å². The quantitative estimate of drug-likeness (QED) is 0.736. The Kier molecular flexibility index (Phi) is 5.96. The third-order valence-corrected chi connectivity index (χ3v) is 4.12. The molecule has 0 bridgehead atoms. The van der Waals surface area contributed by atoms with Crippen LogP contribution in [-0.4, -0.2) is 55.2 Å². The molecule has 116 valence electrons. The summed E-state index contributed by atoms with van der Waals surface area (Å²) >= 11 is 0. The average Bonchev–Trinajstić information content (AvgIpc) is 2.85. The lowest BCUT2D eigenvalue weighted by atomic mass is 10.4. The third kappa shape index (κ3) is 5.10. The fourth-order valence-electron chi connectivity index (χ4n) is 1.49. The Balaban J connectivity index is 2.81. The van der Waals surface area contributed by atoms with Gasteiger partial charge < -0.3 is 9.72 Å². The average molecular weight is 315 g/mol. The number of nitrogens with zero attached hydrogens (tertiary/aromatic N) is 2. The minimum absolute atomic E-state index is 0.178. The van der Waals surface area contributed by atoms with Gasteiger partial charge in [-0.25, -0.2) is 13.4 Å². The summed E-state index contributed by atoms with van der Waals surface area (Å²) in [5.74, 6) is 0. The fraction of sp³-hybridized carbons (Fsp3) is 0.700. The summed E-state index contributed by atoms with van der Waals surface area (Å²) in [4.78, 5) is 5.82. The van der Waals surface area contributed by atoms with Crippen molar-refractivity contribution in [2.75, 3.05) is 26.3 Å². The van der Waals surface area contributed by atoms with Crippen molar-refractivity contribution in [3.05, 3.63) is 12.5 Å². The van der Waals surface area contributed by atoms with Crippen LogP contribution in [0.25, 0.3) is 0 Å². The Morgan fingerprint density at radius 2 is 2.15 bits per heavy atom. The predicted molar refractivity (Wildman–Crippen MR) is 64.5 cm³/mol. The summed E-state index contributed by atoms with van der Waals surface area (Å²) < 4.78 is 66.9. The summed E-state index contributed by atoms with van der Waals surface area (Å²) in [6.45, 7) is 0.548. The minimum atomic E-state index is -4.61. The van der Waals surface area contributed by atoms with Gasteiger partial charge in [0.25, 0.3) is 10.0 Å². The molecule has 1 heterocycles. The Morgan fingerprint density at radius 1 is 1.45 bits per heavy atom. The zero-order chi connectivity index (χ0) is 15.2. The monoisotopic (exact) mass is 315 g/mol. The molecule has 0 amide bonds. The largest absolute Gasteiger partial charge is 0.402 e. The Bertz CT molecular complexity index is 488. The van der Waals surface area contributed by atoms with Crippen LogP contribution in [0.4, 0.5) is 13.2 Å². The number of rotatable bonds is 8. The second kappa shape index (κ2) is 7.04. The lowest BCUT2D eigenvalue weighted by Gasteiger charge is -2.22. The van der Waals surface area contributed by atoms with E-state index in [2.05, 4.69) is 9.97 Å². The predicted octanol–water partition coefficient (Wildman–Crippen LogP) is 1.39. The van der Waals surface area contributed by atoms with Gasteiger partial charge in [0.15, 0.2) is 5.03 Å². The van der Waals surface area contributed by atoms with Crippen molar-refractivity contribution in [1.82, 2.24) is 14.3 Å². The topological polar surface area (TPSA) is 75.3 Å². The molecule has 6 nitrogen and oxygen atoms in total. The molecule has 0 radical (unpaired) electrons. The van der Waals surface area contributed by atoms with Crippen LogP contribution >= 0.6 is 0 Å². The number of H-pyrrole nitrogens is 1. The summed E-state index contributed by atoms with van der Waals surface area (Å²) in [6.07, 6.45) is -2.36. The molecule has 0 unspecified atom stereocenters. The van der Waals surface area contributed by atoms with E-state index in [9.17, 15) is 21.6 Å². The number of hydrogen-bond acceptors (Lipinski definition) is 4. The number of ether oxygens (including phenoxy) is 1. The van der Waals surface area contributed by atoms with Crippen LogP contribution in [0, 0.1) is 0 Å². The molecule has 0 fully saturated rings. The molecule has 0 atom stereocenters. The van der Waals surface area contributed by atoms with E-state index in [0.29, 0.717) is 10.9 Å². The standard InChI is InChI=1S/C10H16F3N3O3S/c1-2-19-5-3-4-16(7-10(11,12)13)20(17,18)9-6-14-8-15-9/h6,8H,2-5,7H2,1H3,(H,14,15). The molecule has 0 aliphatic rings. The van der Waals surface area contributed by atoms with E-state index in [1.54, 1.807) is 6.92 Å². The van der Waals surface area contributed by atoms with Gasteiger partial charge in [0, 0.05) is 19.8 Å². The van der Waals surface area contributed by atoms with Crippen LogP contribution in [0.3, 0.4) is 0 Å². The molecular weight excluding hydrogens is 299 g/mol. The highest BCUT2D eigenvalue weighted by atomic mass is 32.2. The summed E-state index contributed by atoms with van der Waals surface area (Å²) in [7, 11) is -4.24. The van der Waals surface area contributed by atoms with Crippen LogP contribution in [0.2, 0.25) is 0 Å². The molecule has 0 aliphatic heterocycles. The van der Waals surface area contributed by atoms with Gasteiger partial charge in [0.2, 0.25) is 0 Å². The van der Waals surface area contributed by atoms with Gasteiger partial charge in [-0.1, -0.05) is 0 Å². The molecule has 1 aromatic rings. The van der Waals surface area contributed by atoms with Gasteiger partial charge >= 0.3 is 6.18 Å². The SMILES string of the molecule is CCOCCCN(CC(F)(F)F)S(=O)(=O)c1cnc[nH]1. The van der Waals surface area contributed by atoms with E-state index in [-0.39, 0.29) is 24.6 Å². The smallest absolute Gasteiger partial charge is 0.382 e. The Labute approximate surface area is 115 Å². The van der Waals surface area contributed by atoms with Crippen molar-refractivity contribution in [2.45, 2.75) is 24.5 Å². The van der Waals surface area contributed by atoms with Gasteiger partial charge in [-0.15, -0.1) is 0 Å². The maximum atomic E-state index is 12.5. The molecular formula is C10H16F3N3O3S. The third-order valence-electron chi connectivity index (χ3n) is 2.35. The lowest BCUT2D eigenvalue weighted by Crippen LogP contribution is -2.40. The number of aromatic nitrogens is 2. The van der Waals surface area contributed by atoms with E-state index in [1.807, 2.05) is 0 Å². The van der Waals surface area contributed by atoms with Crippen molar-refractivity contribution >= 4 is 10.0 Å². The molecule has 0 aromatic carbocycles. The van der Waals surface area contributed by atoms with Gasteiger partial charge in [0.05, 0.1) is 12.5 Å². The molecule has 0 spiro atoms. The first-order chi connectivity index (χ1) is 9.27. The van der Waals surface area contributed by atoms with E-state index in [1.165, 1.54) is 0 Å². The Morgan fingerprint density at radius 3 is 2.65 bits per heavy atom. The fourth-order valence-corrected chi connectivity index (χ4v) is 2.85. The first kappa shape index (κ1) is 16.9. The maximum Gasteiger partial charge on any atom is 0.402 e. The first-order valence-electron chi connectivity index (χ1n) is 5.90. The molecule has 10 heteroatoms. The van der Waals surface area contributed by atoms with Crippen molar-refractivity contribution < 1.29 is 26.3 Å². The van der Waals surface area contributed by atoms with E-state index >= 15 is 0 Å². The van der Waals surface area contributed by atoms with Crippen LogP contribution < -0.4 is 0 Å². The highest BCUT2D eigenvalue weighted by molar-refractivity contribution is 7.89. The number of imidazole rings is 1. The molecule has 0 saturated carbocycles. The zero-order valence-corrected chi connectivity index (χ0v) is 11.7. The van der Waals surface area contributed by atoms with Gasteiger partial charge in [-0.3, -0.25) is 0 Å². The molecule has 1 N–H and O–H groups in total. The molecule has 20 heavy (non-hydrogen) atoms. The highest BCUT2D eigenvalue weighted by Crippen LogP contribution is 2.21. The van der Waals surface area contributed by atoms with Crippen molar-refractivity contribution in [2.24, 2.45) is 0 Å². The number of hydrogen-bond donors (Lipinski definition) is 1. The summed E-state index contributed by atoms with van der Waals surface area (Å²) in [5, 5.41) is -0.363. The van der Waals surface area contributed by atoms with Crippen LogP contribution in [0.15, 0.2) is 17.6 Å². The van der Waals surface area contributed by atoms with Crippen molar-refractivity contribution in [1.29, 1.82) is 0 Å². The zero-order valence-electron chi connectivity index (χ0n) is 10.9. The van der Waals surface area contributed by atoms with Crippen LogP contribution in [-0.2, 0) is 14.8 Å². The molecule has 1 aromatic heterocycles. The number of halogens is 3. The maximum absolute atomic E-state index is 12.5. The number of aromatic amines is 1. The number of sulfonamides is 1. The summed E-state index contributed by atoms with van der Waals surface area (Å²) in [6, 6.07) is 0. The van der Waals surface area contributed by atoms with Crippen molar-refractivity contribution in [3.63, 3.8) is 0 Å². The van der Waals surface area contributed by atoms with Gasteiger partial charge in [0.1, 0.15) is 6.54 Å². The summed E-state index contributed by atoms with van der Waals surface area (Å²) in [5.41, 5.74) is 0. The molecule has 1 rings (SSSR count). The second-order valence-corrected chi connectivity index (χ2v) is 5.83. The van der Waals surface area contributed by atoms with Gasteiger partial charge in [-0.2, -0.15) is 17.5 Å². The highest BCUT2D eigenvalue weighted by Gasteiger charge is 2.37. The molecule has 0 saturated heterocycles. The minimum Gasteiger partial charge on any atom is -0.382 e. The first-order valence-corrected chi connectivity index (χ1v) is 7.34. The van der Waals surface area contributed by atoms with E-state index in [4.69, 9.17) is 4.74 Å². The molecule has 0 aliphatic carbocycles. The number of alkyl halides is 3. The lowest BCUT2D eigenvalue weighted by molar-refractivity contribution is -0.136. The van der Waals surface area contributed by atoms with Gasteiger partial charge in [-0.05, 0) is 13.3 Å². The van der Waals surface area contributed by atoms with Crippen molar-refractivity contribution in [3.8, 4) is 0 Å². The normalized spacial score (nSPS) is 13.1. The Hall–Kier alpha value is -1.13. The second-order valence-electron chi connectivity index (χ2n) is 3.92.